The summed E-state index contributed by atoms with van der Waals surface area (Å²) >= 11 is 6.12. The molecular formula is C21H18ClN3O3. The molecule has 0 aliphatic rings. The maximum absolute atomic E-state index is 12.5. The second-order valence-corrected chi connectivity index (χ2v) is 6.34. The van der Waals surface area contributed by atoms with Crippen molar-refractivity contribution in [2.75, 3.05) is 24.4 Å². The van der Waals surface area contributed by atoms with Gasteiger partial charge in [-0.3, -0.25) is 4.79 Å². The van der Waals surface area contributed by atoms with Gasteiger partial charge in [0.05, 0.1) is 35.3 Å². The minimum absolute atomic E-state index is 0.227. The second-order valence-electron chi connectivity index (χ2n) is 5.94. The van der Waals surface area contributed by atoms with Crippen LogP contribution in [0.5, 0.6) is 0 Å². The van der Waals surface area contributed by atoms with E-state index < -0.39 is 11.9 Å². The molecule has 0 saturated carbocycles. The molecule has 0 spiro atoms. The number of carbonyl (C=O) groups excluding carboxylic acids is 2. The first kappa shape index (κ1) is 19.4. The van der Waals surface area contributed by atoms with Gasteiger partial charge in [-0.2, -0.15) is 0 Å². The Morgan fingerprint density at radius 1 is 1.04 bits per heavy atom. The van der Waals surface area contributed by atoms with Crippen molar-refractivity contribution in [2.45, 2.75) is 0 Å². The van der Waals surface area contributed by atoms with Crippen LogP contribution in [0.2, 0.25) is 5.02 Å². The molecule has 1 N–H and O–H groups in total. The summed E-state index contributed by atoms with van der Waals surface area (Å²) in [6.45, 7) is 0. The molecule has 3 rings (SSSR count). The molecule has 0 unspecified atom stereocenters. The van der Waals surface area contributed by atoms with Crippen molar-refractivity contribution in [2.24, 2.45) is 0 Å². The lowest BCUT2D eigenvalue weighted by Gasteiger charge is -2.19. The number of nitrogens with one attached hydrogen (secondary N) is 1. The standard InChI is InChI=1S/C21H18ClN3O3/c1-25(15-6-4-3-5-7-15)16-9-11-18(23-13-16)20(26)24-19-12-14(21(27)28-2)8-10-17(19)22/h3-13H,1-2H3,(H,24,26). The second kappa shape index (κ2) is 8.54. The van der Waals surface area contributed by atoms with E-state index in [1.54, 1.807) is 18.3 Å². The Kier molecular flexibility index (Phi) is 5.91. The van der Waals surface area contributed by atoms with Crippen LogP contribution >= 0.6 is 11.6 Å². The van der Waals surface area contributed by atoms with Crippen LogP contribution in [-0.4, -0.2) is 31.0 Å². The molecule has 1 amide bonds. The number of carbonyl (C=O) groups is 2. The average Bonchev–Trinajstić information content (AvgIpc) is 2.74. The molecule has 1 heterocycles. The molecule has 142 valence electrons. The van der Waals surface area contributed by atoms with Gasteiger partial charge in [0.2, 0.25) is 0 Å². The molecule has 7 heteroatoms. The summed E-state index contributed by atoms with van der Waals surface area (Å²) < 4.78 is 4.68. The van der Waals surface area contributed by atoms with Gasteiger partial charge in [-0.15, -0.1) is 0 Å². The molecule has 3 aromatic rings. The molecule has 28 heavy (non-hydrogen) atoms. The van der Waals surface area contributed by atoms with Gasteiger partial charge in [-0.05, 0) is 42.5 Å². The van der Waals surface area contributed by atoms with Gasteiger partial charge in [0.15, 0.2) is 0 Å². The van der Waals surface area contributed by atoms with Gasteiger partial charge in [0.25, 0.3) is 5.91 Å². The zero-order valence-corrected chi connectivity index (χ0v) is 16.1. The van der Waals surface area contributed by atoms with Crippen molar-refractivity contribution in [3.05, 3.63) is 83.1 Å². The van der Waals surface area contributed by atoms with Crippen molar-refractivity contribution in [3.8, 4) is 0 Å². The van der Waals surface area contributed by atoms with E-state index in [9.17, 15) is 9.59 Å². The minimum atomic E-state index is -0.515. The third-order valence-corrected chi connectivity index (χ3v) is 4.48. The van der Waals surface area contributed by atoms with Crippen molar-refractivity contribution in [3.63, 3.8) is 0 Å². The summed E-state index contributed by atoms with van der Waals surface area (Å²) in [4.78, 5) is 30.4. The molecule has 6 nitrogen and oxygen atoms in total. The number of amides is 1. The fourth-order valence-corrected chi connectivity index (χ4v) is 2.74. The first-order chi connectivity index (χ1) is 13.5. The number of para-hydroxylation sites is 1. The summed E-state index contributed by atoms with van der Waals surface area (Å²) in [5.74, 6) is -0.948. The summed E-state index contributed by atoms with van der Waals surface area (Å²) in [6, 6.07) is 17.8. The number of ether oxygens (including phenoxy) is 1. The predicted octanol–water partition coefficient (Wildman–Crippen LogP) is 4.54. The van der Waals surface area contributed by atoms with Crippen LogP contribution in [0.1, 0.15) is 20.8 Å². The number of aromatic nitrogens is 1. The van der Waals surface area contributed by atoms with Crippen molar-refractivity contribution < 1.29 is 14.3 Å². The minimum Gasteiger partial charge on any atom is -0.465 e. The van der Waals surface area contributed by atoms with Crippen LogP contribution in [-0.2, 0) is 4.74 Å². The van der Waals surface area contributed by atoms with E-state index in [0.717, 1.165) is 11.4 Å². The Morgan fingerprint density at radius 3 is 2.43 bits per heavy atom. The van der Waals surface area contributed by atoms with E-state index in [1.165, 1.54) is 25.3 Å². The maximum atomic E-state index is 12.5. The zero-order valence-electron chi connectivity index (χ0n) is 15.3. The number of anilines is 3. The Labute approximate surface area is 167 Å². The van der Waals surface area contributed by atoms with E-state index in [4.69, 9.17) is 11.6 Å². The van der Waals surface area contributed by atoms with Gasteiger partial charge in [0, 0.05) is 12.7 Å². The first-order valence-corrected chi connectivity index (χ1v) is 8.81. The maximum Gasteiger partial charge on any atom is 0.337 e. The Hall–Kier alpha value is -3.38. The summed E-state index contributed by atoms with van der Waals surface area (Å²) in [5, 5.41) is 2.98. The third-order valence-electron chi connectivity index (χ3n) is 4.15. The van der Waals surface area contributed by atoms with E-state index in [2.05, 4.69) is 15.0 Å². The molecule has 0 aliphatic carbocycles. The number of benzene rings is 2. The summed E-state index contributed by atoms with van der Waals surface area (Å²) in [7, 11) is 3.21. The Bertz CT molecular complexity index is 992. The third kappa shape index (κ3) is 4.29. The van der Waals surface area contributed by atoms with Crippen LogP contribution in [0.3, 0.4) is 0 Å². The average molecular weight is 396 g/mol. The first-order valence-electron chi connectivity index (χ1n) is 8.43. The highest BCUT2D eigenvalue weighted by Crippen LogP contribution is 2.25. The van der Waals surface area contributed by atoms with Crippen LogP contribution in [0.25, 0.3) is 0 Å². The van der Waals surface area contributed by atoms with E-state index in [1.807, 2.05) is 42.3 Å². The molecule has 2 aromatic carbocycles. The zero-order chi connectivity index (χ0) is 20.1. The number of nitrogens with zero attached hydrogens (tertiary/aromatic N) is 2. The SMILES string of the molecule is COC(=O)c1ccc(Cl)c(NC(=O)c2ccc(N(C)c3ccccc3)cn2)c1. The van der Waals surface area contributed by atoms with Crippen LogP contribution in [0.4, 0.5) is 17.1 Å². The number of rotatable bonds is 5. The summed E-state index contributed by atoms with van der Waals surface area (Å²) in [5.41, 5.74) is 2.67. The van der Waals surface area contributed by atoms with Gasteiger partial charge < -0.3 is 15.0 Å². The molecule has 0 saturated heterocycles. The van der Waals surface area contributed by atoms with Gasteiger partial charge in [-0.25, -0.2) is 9.78 Å². The number of hydrogen-bond acceptors (Lipinski definition) is 5. The molecule has 0 radical (unpaired) electrons. The topological polar surface area (TPSA) is 71.5 Å². The largest absolute Gasteiger partial charge is 0.465 e. The highest BCUT2D eigenvalue weighted by atomic mass is 35.5. The molecule has 1 aromatic heterocycles. The highest BCUT2D eigenvalue weighted by Gasteiger charge is 2.14. The van der Waals surface area contributed by atoms with Crippen molar-refractivity contribution in [1.29, 1.82) is 0 Å². The lowest BCUT2D eigenvalue weighted by atomic mass is 10.2. The van der Waals surface area contributed by atoms with Crippen LogP contribution < -0.4 is 10.2 Å². The Morgan fingerprint density at radius 2 is 1.79 bits per heavy atom. The quantitative estimate of drug-likeness (QED) is 0.642. The lowest BCUT2D eigenvalue weighted by molar-refractivity contribution is 0.0600. The number of esters is 1. The summed E-state index contributed by atoms with van der Waals surface area (Å²) in [6.07, 6.45) is 1.62. The lowest BCUT2D eigenvalue weighted by Crippen LogP contribution is -2.15. The number of halogens is 1. The normalized spacial score (nSPS) is 10.2. The fraction of sp³-hybridized carbons (Fsp3) is 0.0952. The van der Waals surface area contributed by atoms with E-state index >= 15 is 0 Å². The van der Waals surface area contributed by atoms with Crippen LogP contribution in [0, 0.1) is 0 Å². The number of methoxy groups -OCH3 is 1. The highest BCUT2D eigenvalue weighted by molar-refractivity contribution is 6.34. The smallest absolute Gasteiger partial charge is 0.337 e. The molecule has 0 atom stereocenters. The van der Waals surface area contributed by atoms with Gasteiger partial charge in [-0.1, -0.05) is 29.8 Å². The molecular weight excluding hydrogens is 378 g/mol. The molecule has 0 fully saturated rings. The molecule has 0 bridgehead atoms. The van der Waals surface area contributed by atoms with Crippen molar-refractivity contribution >= 4 is 40.5 Å². The number of pyridine rings is 1. The van der Waals surface area contributed by atoms with Gasteiger partial charge in [0.1, 0.15) is 5.69 Å². The van der Waals surface area contributed by atoms with Crippen molar-refractivity contribution in [1.82, 2.24) is 4.98 Å². The van der Waals surface area contributed by atoms with E-state index in [0.29, 0.717) is 10.7 Å². The Balaban J connectivity index is 1.76. The van der Waals surface area contributed by atoms with E-state index in [-0.39, 0.29) is 11.3 Å². The van der Waals surface area contributed by atoms with Gasteiger partial charge >= 0.3 is 5.97 Å². The fourth-order valence-electron chi connectivity index (χ4n) is 2.57. The predicted molar refractivity (Wildman–Crippen MR) is 109 cm³/mol. The monoisotopic (exact) mass is 395 g/mol. The number of hydrogen-bond donors (Lipinski definition) is 1. The van der Waals surface area contributed by atoms with Crippen LogP contribution in [0.15, 0.2) is 66.9 Å². The molecule has 0 aliphatic heterocycles.